The van der Waals surface area contributed by atoms with Crippen molar-refractivity contribution in [3.8, 4) is 0 Å². The second kappa shape index (κ2) is 8.43. The van der Waals surface area contributed by atoms with Gasteiger partial charge in [0.25, 0.3) is 0 Å². The maximum Gasteiger partial charge on any atom is 0.490 e. The molecule has 0 saturated carbocycles. The first-order chi connectivity index (χ1) is 11.3. The second-order valence-electron chi connectivity index (χ2n) is 7.41. The van der Waals surface area contributed by atoms with Gasteiger partial charge in [0.1, 0.15) is 4.75 Å². The monoisotopic (exact) mass is 388 g/mol. The summed E-state index contributed by atoms with van der Waals surface area (Å²) in [6, 6.07) is 0.208. The number of ether oxygens (including phenoxy) is 1. The van der Waals surface area contributed by atoms with Crippen molar-refractivity contribution in [3.63, 3.8) is 0 Å². The van der Waals surface area contributed by atoms with Crippen LogP contribution in [0.3, 0.4) is 0 Å². The van der Waals surface area contributed by atoms with E-state index in [0.29, 0.717) is 0 Å². The van der Waals surface area contributed by atoms with Gasteiger partial charge in [0.05, 0.1) is 18.8 Å². The zero-order chi connectivity index (χ0) is 19.5. The van der Waals surface area contributed by atoms with Gasteiger partial charge in [0.15, 0.2) is 0 Å². The van der Waals surface area contributed by atoms with Crippen LogP contribution >= 0.6 is 0 Å². The van der Waals surface area contributed by atoms with Gasteiger partial charge in [-0.15, -0.1) is 4.72 Å². The van der Waals surface area contributed by atoms with Gasteiger partial charge in [-0.3, -0.25) is 0 Å². The van der Waals surface area contributed by atoms with Gasteiger partial charge in [0, 0.05) is 16.8 Å². The van der Waals surface area contributed by atoms with Crippen molar-refractivity contribution in [1.82, 2.24) is 10.0 Å². The van der Waals surface area contributed by atoms with Crippen LogP contribution in [0.1, 0.15) is 40.5 Å². The second-order valence-corrected chi connectivity index (χ2v) is 9.41. The minimum Gasteiger partial charge on any atom is -0.598 e. The van der Waals surface area contributed by atoms with E-state index in [1.165, 1.54) is 0 Å². The van der Waals surface area contributed by atoms with Gasteiger partial charge in [0.2, 0.25) is 0 Å². The van der Waals surface area contributed by atoms with E-state index in [4.69, 9.17) is 14.6 Å². The molecule has 25 heavy (non-hydrogen) atoms. The highest BCUT2D eigenvalue weighted by Crippen LogP contribution is 2.41. The third kappa shape index (κ3) is 6.28. The molecule has 0 radical (unpaired) electrons. The van der Waals surface area contributed by atoms with E-state index in [0.717, 1.165) is 32.5 Å². The van der Waals surface area contributed by atoms with Gasteiger partial charge in [-0.1, -0.05) is 0 Å². The number of carboxylic acid groups (broad SMARTS) is 1. The minimum absolute atomic E-state index is 0.148. The lowest BCUT2D eigenvalue weighted by Crippen LogP contribution is -2.56. The molecule has 3 N–H and O–H groups in total. The molecule has 2 saturated heterocycles. The van der Waals surface area contributed by atoms with Crippen LogP contribution in [0.5, 0.6) is 0 Å². The lowest BCUT2D eigenvalue weighted by atomic mass is 9.74. The van der Waals surface area contributed by atoms with Crippen molar-refractivity contribution in [1.29, 1.82) is 0 Å². The molecule has 0 aromatic carbocycles. The summed E-state index contributed by atoms with van der Waals surface area (Å²) in [5, 5.41) is 10.5. The molecule has 0 bridgehead atoms. The largest absolute Gasteiger partial charge is 0.598 e. The topological polar surface area (TPSA) is 93.6 Å². The molecule has 148 valence electrons. The number of halogens is 3. The summed E-state index contributed by atoms with van der Waals surface area (Å²) < 4.78 is 53.0. The predicted molar refractivity (Wildman–Crippen MR) is 88.5 cm³/mol. The van der Waals surface area contributed by atoms with E-state index in [-0.39, 0.29) is 22.3 Å². The van der Waals surface area contributed by atoms with E-state index in [1.54, 1.807) is 0 Å². The smallest absolute Gasteiger partial charge is 0.490 e. The molecule has 10 heteroatoms. The minimum atomic E-state index is -5.08. The highest BCUT2D eigenvalue weighted by atomic mass is 32.2. The quantitative estimate of drug-likeness (QED) is 0.625. The third-order valence-corrected chi connectivity index (χ3v) is 5.98. The van der Waals surface area contributed by atoms with Gasteiger partial charge in [-0.25, -0.2) is 4.79 Å². The molecule has 2 fully saturated rings. The first-order valence-corrected chi connectivity index (χ1v) is 9.25. The average molecular weight is 388 g/mol. The summed E-state index contributed by atoms with van der Waals surface area (Å²) in [5.41, 5.74) is 0.172. The van der Waals surface area contributed by atoms with E-state index in [9.17, 15) is 17.7 Å². The van der Waals surface area contributed by atoms with Crippen molar-refractivity contribution >= 4 is 17.3 Å². The Hall–Kier alpha value is -0.550. The Kier molecular flexibility index (Phi) is 7.58. The van der Waals surface area contributed by atoms with Gasteiger partial charge in [-0.05, 0) is 53.6 Å². The number of carbonyl (C=O) groups is 1. The standard InChI is InChI=1S/C13H26N2O2S.C2HF3O2/c1-10-11(15-18(16)12(2,3)4)13(9-17-10)5-7-14-8-6-13;3-2(4,5)1(6)7/h10-11,14-15H,5-9H2,1-4H3;(H,6,7)/t10-,11+,18+;/m0./s1. The first kappa shape index (κ1) is 22.5. The molecule has 1 spiro atoms. The molecule has 2 aliphatic heterocycles. The summed E-state index contributed by atoms with van der Waals surface area (Å²) in [4.78, 5) is 8.90. The van der Waals surface area contributed by atoms with E-state index in [2.05, 4.69) is 17.0 Å². The maximum absolute atomic E-state index is 12.3. The molecule has 0 aromatic heterocycles. The molecule has 2 aliphatic rings. The lowest BCUT2D eigenvalue weighted by Gasteiger charge is -2.39. The number of rotatable bonds is 2. The number of hydrogen-bond acceptors (Lipinski definition) is 5. The first-order valence-electron chi connectivity index (χ1n) is 8.10. The van der Waals surface area contributed by atoms with E-state index < -0.39 is 23.5 Å². The van der Waals surface area contributed by atoms with Crippen LogP contribution in [-0.2, 0) is 20.9 Å². The van der Waals surface area contributed by atoms with Crippen LogP contribution in [0.15, 0.2) is 0 Å². The zero-order valence-electron chi connectivity index (χ0n) is 14.9. The molecule has 6 nitrogen and oxygen atoms in total. The summed E-state index contributed by atoms with van der Waals surface area (Å²) in [6.07, 6.45) is -2.72. The maximum atomic E-state index is 12.3. The highest BCUT2D eigenvalue weighted by molar-refractivity contribution is 7.90. The summed E-state index contributed by atoms with van der Waals surface area (Å²) in [6.45, 7) is 11.0. The molecule has 0 aliphatic carbocycles. The number of carboxylic acids is 1. The van der Waals surface area contributed by atoms with Crippen LogP contribution in [0.4, 0.5) is 13.2 Å². The van der Waals surface area contributed by atoms with Crippen LogP contribution in [0.25, 0.3) is 0 Å². The number of alkyl halides is 3. The number of nitrogens with one attached hydrogen (secondary N) is 2. The predicted octanol–water partition coefficient (Wildman–Crippen LogP) is 1.83. The van der Waals surface area contributed by atoms with Crippen LogP contribution in [0.2, 0.25) is 0 Å². The number of aliphatic carboxylic acids is 1. The molecule has 2 rings (SSSR count). The van der Waals surface area contributed by atoms with E-state index >= 15 is 0 Å². The third-order valence-electron chi connectivity index (χ3n) is 4.39. The molecule has 0 unspecified atom stereocenters. The van der Waals surface area contributed by atoms with Crippen molar-refractivity contribution < 1.29 is 32.4 Å². The summed E-state index contributed by atoms with van der Waals surface area (Å²) in [7, 11) is 0. The summed E-state index contributed by atoms with van der Waals surface area (Å²) >= 11 is -1.03. The Labute approximate surface area is 149 Å². The Morgan fingerprint density at radius 1 is 1.32 bits per heavy atom. The highest BCUT2D eigenvalue weighted by Gasteiger charge is 2.51. The molecule has 2 heterocycles. The normalized spacial score (nSPS) is 27.5. The summed E-state index contributed by atoms with van der Waals surface area (Å²) in [5.74, 6) is -2.76. The Balaban J connectivity index is 0.000000381. The van der Waals surface area contributed by atoms with Crippen molar-refractivity contribution in [2.45, 2.75) is 63.6 Å². The molecule has 3 atom stereocenters. The number of hydrogen-bond donors (Lipinski definition) is 3. The van der Waals surface area contributed by atoms with E-state index in [1.807, 2.05) is 20.8 Å². The van der Waals surface area contributed by atoms with Crippen molar-refractivity contribution in [2.75, 3.05) is 19.7 Å². The molecular formula is C15H27F3N2O4S. The van der Waals surface area contributed by atoms with Crippen LogP contribution < -0.4 is 10.0 Å². The lowest BCUT2D eigenvalue weighted by molar-refractivity contribution is -0.192. The zero-order valence-corrected chi connectivity index (χ0v) is 15.7. The Morgan fingerprint density at radius 2 is 1.80 bits per heavy atom. The number of piperidine rings is 1. The van der Waals surface area contributed by atoms with Crippen molar-refractivity contribution in [3.05, 3.63) is 0 Å². The Bertz CT molecular complexity index is 446. The molecule has 0 amide bonds. The average Bonchev–Trinajstić information content (AvgIpc) is 2.76. The fourth-order valence-corrected chi connectivity index (χ4v) is 3.90. The fourth-order valence-electron chi connectivity index (χ4n) is 2.87. The fraction of sp³-hybridized carbons (Fsp3) is 0.933. The van der Waals surface area contributed by atoms with Gasteiger partial charge >= 0.3 is 12.1 Å². The van der Waals surface area contributed by atoms with Crippen LogP contribution in [-0.4, -0.2) is 58.4 Å². The van der Waals surface area contributed by atoms with Crippen LogP contribution in [0, 0.1) is 5.41 Å². The molecular weight excluding hydrogens is 361 g/mol. The SMILES string of the molecule is C[C@@H]1OCC2(CCNCC2)[C@@H]1N[S@+]([O-])C(C)(C)C.O=C(O)C(F)(F)F. The van der Waals surface area contributed by atoms with Gasteiger partial charge in [-0.2, -0.15) is 13.2 Å². The Morgan fingerprint density at radius 3 is 2.20 bits per heavy atom. The van der Waals surface area contributed by atoms with Gasteiger partial charge < -0.3 is 19.7 Å². The molecule has 0 aromatic rings. The van der Waals surface area contributed by atoms with Crippen molar-refractivity contribution in [2.24, 2.45) is 5.41 Å².